The SMILES string of the molecule is CC1=NN(c2cccc(Cl)c2)C(=O)/C1=C/C1CNNC1c1ccccc1. The molecule has 5 nitrogen and oxygen atoms in total. The van der Waals surface area contributed by atoms with Gasteiger partial charge in [-0.1, -0.05) is 54.1 Å². The monoisotopic (exact) mass is 366 g/mol. The fraction of sp³-hybridized carbons (Fsp3) is 0.200. The Balaban J connectivity index is 1.61. The quantitative estimate of drug-likeness (QED) is 0.818. The molecule has 0 saturated carbocycles. The zero-order valence-electron chi connectivity index (χ0n) is 14.3. The minimum absolute atomic E-state index is 0.115. The maximum absolute atomic E-state index is 12.9. The van der Waals surface area contributed by atoms with Crippen LogP contribution in [0.2, 0.25) is 5.02 Å². The van der Waals surface area contributed by atoms with Gasteiger partial charge in [0.1, 0.15) is 0 Å². The summed E-state index contributed by atoms with van der Waals surface area (Å²) < 4.78 is 0. The largest absolute Gasteiger partial charge is 0.280 e. The van der Waals surface area contributed by atoms with Crippen LogP contribution in [0.4, 0.5) is 5.69 Å². The normalized spacial score (nSPS) is 24.4. The van der Waals surface area contributed by atoms with Crippen LogP contribution in [-0.2, 0) is 4.79 Å². The van der Waals surface area contributed by atoms with E-state index in [1.54, 1.807) is 12.1 Å². The Morgan fingerprint density at radius 3 is 2.77 bits per heavy atom. The van der Waals surface area contributed by atoms with Gasteiger partial charge >= 0.3 is 0 Å². The Morgan fingerprint density at radius 2 is 2.00 bits per heavy atom. The van der Waals surface area contributed by atoms with E-state index >= 15 is 0 Å². The minimum atomic E-state index is -0.122. The number of hydrogen-bond acceptors (Lipinski definition) is 4. The van der Waals surface area contributed by atoms with Crippen molar-refractivity contribution in [2.75, 3.05) is 11.6 Å². The van der Waals surface area contributed by atoms with Crippen LogP contribution in [0.5, 0.6) is 0 Å². The molecule has 132 valence electrons. The number of rotatable bonds is 3. The number of nitrogens with zero attached hydrogens (tertiary/aromatic N) is 2. The van der Waals surface area contributed by atoms with E-state index in [0.717, 1.165) is 6.54 Å². The predicted molar refractivity (Wildman–Crippen MR) is 104 cm³/mol. The minimum Gasteiger partial charge on any atom is -0.267 e. The zero-order chi connectivity index (χ0) is 18.1. The molecule has 26 heavy (non-hydrogen) atoms. The molecule has 0 radical (unpaired) electrons. The Bertz CT molecular complexity index is 894. The van der Waals surface area contributed by atoms with E-state index in [1.165, 1.54) is 10.6 Å². The molecule has 4 rings (SSSR count). The number of benzene rings is 2. The first kappa shape index (κ1) is 17.0. The molecule has 2 atom stereocenters. The summed E-state index contributed by atoms with van der Waals surface area (Å²) in [6.07, 6.45) is 2.02. The molecule has 2 aromatic rings. The molecular formula is C20H19ClN4O. The van der Waals surface area contributed by atoms with Crippen molar-refractivity contribution in [3.05, 3.63) is 76.8 Å². The molecule has 0 aromatic heterocycles. The van der Waals surface area contributed by atoms with Gasteiger partial charge in [-0.25, -0.2) is 5.43 Å². The molecule has 6 heteroatoms. The summed E-state index contributed by atoms with van der Waals surface area (Å²) >= 11 is 6.05. The van der Waals surface area contributed by atoms with Gasteiger partial charge in [-0.05, 0) is 30.7 Å². The van der Waals surface area contributed by atoms with Gasteiger partial charge in [0.05, 0.1) is 23.0 Å². The van der Waals surface area contributed by atoms with E-state index in [1.807, 2.05) is 43.3 Å². The number of hydrazone groups is 1. The molecule has 1 amide bonds. The van der Waals surface area contributed by atoms with Gasteiger partial charge in [0, 0.05) is 17.5 Å². The van der Waals surface area contributed by atoms with Crippen LogP contribution in [0, 0.1) is 5.92 Å². The smallest absolute Gasteiger partial charge is 0.267 e. The van der Waals surface area contributed by atoms with Gasteiger partial charge in [-0.15, -0.1) is 0 Å². The lowest BCUT2D eigenvalue weighted by Crippen LogP contribution is -2.25. The van der Waals surface area contributed by atoms with Crippen LogP contribution in [-0.4, -0.2) is 18.2 Å². The van der Waals surface area contributed by atoms with Crippen LogP contribution in [0.15, 0.2) is 71.3 Å². The van der Waals surface area contributed by atoms with Crippen molar-refractivity contribution in [3.63, 3.8) is 0 Å². The average Bonchev–Trinajstić information content (AvgIpc) is 3.22. The summed E-state index contributed by atoms with van der Waals surface area (Å²) in [4.78, 5) is 12.9. The van der Waals surface area contributed by atoms with Crippen molar-refractivity contribution in [1.82, 2.24) is 10.9 Å². The lowest BCUT2D eigenvalue weighted by atomic mass is 9.92. The molecule has 0 aliphatic carbocycles. The Morgan fingerprint density at radius 1 is 1.19 bits per heavy atom. The van der Waals surface area contributed by atoms with Crippen molar-refractivity contribution >= 4 is 28.9 Å². The predicted octanol–water partition coefficient (Wildman–Crippen LogP) is 3.45. The standard InChI is InChI=1S/C20H19ClN4O/c1-13-18(20(26)25(24-13)17-9-5-8-16(21)11-17)10-15-12-22-23-19(15)14-6-3-2-4-7-14/h2-11,15,19,22-23H,12H2,1H3/b18-10+. The maximum Gasteiger partial charge on any atom is 0.280 e. The number of amides is 1. The van der Waals surface area contributed by atoms with E-state index < -0.39 is 0 Å². The molecule has 1 saturated heterocycles. The molecule has 2 aliphatic rings. The van der Waals surface area contributed by atoms with Crippen LogP contribution in [0.3, 0.4) is 0 Å². The average molecular weight is 367 g/mol. The third-order valence-electron chi connectivity index (χ3n) is 4.68. The maximum atomic E-state index is 12.9. The summed E-state index contributed by atoms with van der Waals surface area (Å²) in [6.45, 7) is 2.61. The third-order valence-corrected chi connectivity index (χ3v) is 4.91. The second kappa shape index (κ2) is 7.03. The molecule has 2 aliphatic heterocycles. The molecule has 0 bridgehead atoms. The molecular weight excluding hydrogens is 348 g/mol. The number of hydrazine groups is 1. The molecule has 2 N–H and O–H groups in total. The second-order valence-electron chi connectivity index (χ2n) is 6.44. The van der Waals surface area contributed by atoms with E-state index in [4.69, 9.17) is 11.6 Å². The molecule has 0 spiro atoms. The first-order valence-electron chi connectivity index (χ1n) is 8.54. The Kier molecular flexibility index (Phi) is 4.59. The highest BCUT2D eigenvalue weighted by Gasteiger charge is 2.33. The van der Waals surface area contributed by atoms with Crippen molar-refractivity contribution < 1.29 is 4.79 Å². The number of nitrogens with one attached hydrogen (secondary N) is 2. The number of halogens is 1. The Hall–Kier alpha value is -2.47. The van der Waals surface area contributed by atoms with E-state index in [-0.39, 0.29) is 17.9 Å². The van der Waals surface area contributed by atoms with Crippen LogP contribution < -0.4 is 15.9 Å². The van der Waals surface area contributed by atoms with Gasteiger partial charge < -0.3 is 0 Å². The summed E-state index contributed by atoms with van der Waals surface area (Å²) in [7, 11) is 0. The van der Waals surface area contributed by atoms with Gasteiger partial charge in [0.15, 0.2) is 0 Å². The summed E-state index contributed by atoms with van der Waals surface area (Å²) in [5.41, 5.74) is 9.71. The van der Waals surface area contributed by atoms with Crippen molar-refractivity contribution in [3.8, 4) is 0 Å². The van der Waals surface area contributed by atoms with Gasteiger partial charge in [-0.3, -0.25) is 10.2 Å². The van der Waals surface area contributed by atoms with Crippen LogP contribution in [0.1, 0.15) is 18.5 Å². The number of anilines is 1. The number of carbonyl (C=O) groups is 1. The van der Waals surface area contributed by atoms with Crippen LogP contribution >= 0.6 is 11.6 Å². The van der Waals surface area contributed by atoms with Crippen molar-refractivity contribution in [2.24, 2.45) is 11.0 Å². The van der Waals surface area contributed by atoms with Crippen molar-refractivity contribution in [1.29, 1.82) is 0 Å². The molecule has 2 unspecified atom stereocenters. The molecule has 2 heterocycles. The lowest BCUT2D eigenvalue weighted by molar-refractivity contribution is -0.114. The summed E-state index contributed by atoms with van der Waals surface area (Å²) in [5.74, 6) is 0.0317. The number of hydrogen-bond donors (Lipinski definition) is 2. The van der Waals surface area contributed by atoms with E-state index in [2.05, 4.69) is 28.1 Å². The first-order valence-corrected chi connectivity index (χ1v) is 8.92. The van der Waals surface area contributed by atoms with Gasteiger partial charge in [0.2, 0.25) is 0 Å². The van der Waals surface area contributed by atoms with Gasteiger partial charge in [0.25, 0.3) is 5.91 Å². The fourth-order valence-electron chi connectivity index (χ4n) is 3.36. The third kappa shape index (κ3) is 3.17. The highest BCUT2D eigenvalue weighted by atomic mass is 35.5. The van der Waals surface area contributed by atoms with E-state index in [9.17, 15) is 4.79 Å². The van der Waals surface area contributed by atoms with E-state index in [0.29, 0.717) is 22.0 Å². The van der Waals surface area contributed by atoms with Gasteiger partial charge in [-0.2, -0.15) is 10.1 Å². The Labute approximate surface area is 157 Å². The molecule has 1 fully saturated rings. The second-order valence-corrected chi connectivity index (χ2v) is 6.88. The first-order chi connectivity index (χ1) is 12.6. The molecule has 2 aromatic carbocycles. The highest BCUT2D eigenvalue weighted by molar-refractivity contribution is 6.32. The van der Waals surface area contributed by atoms with Crippen molar-refractivity contribution in [2.45, 2.75) is 13.0 Å². The summed E-state index contributed by atoms with van der Waals surface area (Å²) in [6, 6.07) is 17.5. The lowest BCUT2D eigenvalue weighted by Gasteiger charge is -2.16. The summed E-state index contributed by atoms with van der Waals surface area (Å²) in [5, 5.41) is 6.43. The van der Waals surface area contributed by atoms with Crippen LogP contribution in [0.25, 0.3) is 0 Å². The highest BCUT2D eigenvalue weighted by Crippen LogP contribution is 2.30. The zero-order valence-corrected chi connectivity index (χ0v) is 15.1. The number of carbonyl (C=O) groups excluding carboxylic acids is 1. The topological polar surface area (TPSA) is 56.7 Å². The fourth-order valence-corrected chi connectivity index (χ4v) is 3.55.